The fourth-order valence-electron chi connectivity index (χ4n) is 3.74. The largest absolute Gasteiger partial charge is 0.369 e. The number of rotatable bonds is 5. The highest BCUT2D eigenvalue weighted by molar-refractivity contribution is 5.90. The molecule has 0 amide bonds. The molecule has 0 radical (unpaired) electrons. The molecule has 1 aliphatic rings. The minimum absolute atomic E-state index is 0.505. The van der Waals surface area contributed by atoms with Gasteiger partial charge in [0, 0.05) is 12.7 Å². The summed E-state index contributed by atoms with van der Waals surface area (Å²) in [6.45, 7) is 7.98. The Bertz CT molecular complexity index is 614. The van der Waals surface area contributed by atoms with E-state index in [-0.39, 0.29) is 0 Å². The molecule has 1 atom stereocenters. The van der Waals surface area contributed by atoms with Crippen LogP contribution in [0.1, 0.15) is 52.0 Å². The zero-order valence-electron chi connectivity index (χ0n) is 13.4. The minimum atomic E-state index is 0.505. The average molecular weight is 286 g/mol. The molecule has 4 nitrogen and oxygen atoms in total. The first kappa shape index (κ1) is 14.4. The van der Waals surface area contributed by atoms with E-state index in [1.807, 2.05) is 6.20 Å². The Labute approximate surface area is 126 Å². The van der Waals surface area contributed by atoms with Crippen LogP contribution in [0.2, 0.25) is 0 Å². The highest BCUT2D eigenvalue weighted by atomic mass is 15.0. The van der Waals surface area contributed by atoms with Gasteiger partial charge in [0.25, 0.3) is 0 Å². The number of aromatic nitrogens is 3. The van der Waals surface area contributed by atoms with E-state index in [1.165, 1.54) is 31.2 Å². The van der Waals surface area contributed by atoms with E-state index in [9.17, 15) is 0 Å². The number of aromatic amines is 1. The Morgan fingerprint density at radius 1 is 1.38 bits per heavy atom. The van der Waals surface area contributed by atoms with Gasteiger partial charge in [0.05, 0.1) is 5.39 Å². The van der Waals surface area contributed by atoms with Gasteiger partial charge in [-0.05, 0) is 42.6 Å². The number of nitrogens with one attached hydrogen (secondary N) is 2. The van der Waals surface area contributed by atoms with Gasteiger partial charge in [-0.1, -0.05) is 27.2 Å². The van der Waals surface area contributed by atoms with Crippen molar-refractivity contribution < 1.29 is 0 Å². The Morgan fingerprint density at radius 2 is 2.24 bits per heavy atom. The molecule has 114 valence electrons. The maximum atomic E-state index is 4.45. The van der Waals surface area contributed by atoms with Gasteiger partial charge in [-0.3, -0.25) is 0 Å². The molecule has 2 N–H and O–H groups in total. The molecular formula is C17H26N4. The number of nitrogens with zero attached hydrogens (tertiary/aromatic N) is 2. The molecule has 0 bridgehead atoms. The summed E-state index contributed by atoms with van der Waals surface area (Å²) in [5.74, 6) is 1.81. The summed E-state index contributed by atoms with van der Waals surface area (Å²) in [6.07, 6.45) is 10.0. The van der Waals surface area contributed by atoms with E-state index < -0.39 is 0 Å². The molecule has 0 spiro atoms. The van der Waals surface area contributed by atoms with Crippen molar-refractivity contribution in [2.45, 2.75) is 52.9 Å². The van der Waals surface area contributed by atoms with E-state index in [1.54, 1.807) is 6.33 Å². The van der Waals surface area contributed by atoms with E-state index >= 15 is 0 Å². The number of anilines is 1. The smallest absolute Gasteiger partial charge is 0.143 e. The van der Waals surface area contributed by atoms with Gasteiger partial charge < -0.3 is 10.3 Å². The summed E-state index contributed by atoms with van der Waals surface area (Å²) in [7, 11) is 0. The van der Waals surface area contributed by atoms with Crippen molar-refractivity contribution in [3.8, 4) is 0 Å². The molecule has 2 aromatic rings. The molecule has 1 fully saturated rings. The Balaban J connectivity index is 1.69. The van der Waals surface area contributed by atoms with Crippen LogP contribution in [0.3, 0.4) is 0 Å². The lowest BCUT2D eigenvalue weighted by molar-refractivity contribution is 0.250. The zero-order valence-corrected chi connectivity index (χ0v) is 13.4. The molecule has 0 aromatic carbocycles. The van der Waals surface area contributed by atoms with Crippen LogP contribution in [0.4, 0.5) is 5.82 Å². The molecule has 21 heavy (non-hydrogen) atoms. The number of aryl methyl sites for hydroxylation is 1. The third-order valence-electron chi connectivity index (χ3n) is 5.20. The molecular weight excluding hydrogens is 260 g/mol. The lowest BCUT2D eigenvalue weighted by atomic mass is 9.80. The molecule has 0 aliphatic heterocycles. The zero-order chi connectivity index (χ0) is 14.9. The molecule has 1 unspecified atom stereocenters. The van der Waals surface area contributed by atoms with E-state index in [0.717, 1.165) is 35.7 Å². The van der Waals surface area contributed by atoms with Crippen LogP contribution in [-0.2, 0) is 6.42 Å². The molecule has 2 heterocycles. The summed E-state index contributed by atoms with van der Waals surface area (Å²) in [5, 5.41) is 4.70. The quantitative estimate of drug-likeness (QED) is 0.868. The van der Waals surface area contributed by atoms with Gasteiger partial charge in [0.15, 0.2) is 0 Å². The van der Waals surface area contributed by atoms with Crippen LogP contribution in [0.25, 0.3) is 11.0 Å². The fourth-order valence-corrected chi connectivity index (χ4v) is 3.74. The molecule has 1 saturated carbocycles. The maximum Gasteiger partial charge on any atom is 0.143 e. The monoisotopic (exact) mass is 286 g/mol. The van der Waals surface area contributed by atoms with Crippen LogP contribution in [0.5, 0.6) is 0 Å². The predicted octanol–water partition coefficient (Wildman–Crippen LogP) is 4.15. The van der Waals surface area contributed by atoms with Crippen molar-refractivity contribution in [1.82, 2.24) is 15.0 Å². The van der Waals surface area contributed by atoms with Gasteiger partial charge in [-0.15, -0.1) is 0 Å². The van der Waals surface area contributed by atoms with Crippen molar-refractivity contribution in [2.24, 2.45) is 11.3 Å². The van der Waals surface area contributed by atoms with Gasteiger partial charge in [0.2, 0.25) is 0 Å². The highest BCUT2D eigenvalue weighted by Gasteiger charge is 2.33. The van der Waals surface area contributed by atoms with Gasteiger partial charge in [0.1, 0.15) is 17.8 Å². The van der Waals surface area contributed by atoms with E-state index in [2.05, 4.69) is 41.0 Å². The van der Waals surface area contributed by atoms with Crippen LogP contribution >= 0.6 is 0 Å². The van der Waals surface area contributed by atoms with Crippen LogP contribution in [0, 0.1) is 11.3 Å². The molecule has 4 heteroatoms. The Morgan fingerprint density at radius 3 is 2.95 bits per heavy atom. The summed E-state index contributed by atoms with van der Waals surface area (Å²) < 4.78 is 0. The second-order valence-electron chi connectivity index (χ2n) is 6.91. The SMILES string of the molecule is CCc1c[nH]c2ncnc(NCCC3CCCC3(C)C)c12. The minimum Gasteiger partial charge on any atom is -0.369 e. The lowest BCUT2D eigenvalue weighted by Gasteiger charge is -2.27. The first-order valence-electron chi connectivity index (χ1n) is 8.16. The molecule has 2 aromatic heterocycles. The summed E-state index contributed by atoms with van der Waals surface area (Å²) >= 11 is 0. The van der Waals surface area contributed by atoms with Crippen molar-refractivity contribution in [1.29, 1.82) is 0 Å². The van der Waals surface area contributed by atoms with E-state index in [4.69, 9.17) is 0 Å². The van der Waals surface area contributed by atoms with Gasteiger partial charge in [-0.2, -0.15) is 0 Å². The average Bonchev–Trinajstić information content (AvgIpc) is 3.03. The topological polar surface area (TPSA) is 53.6 Å². The standard InChI is InChI=1S/C17H26N4/c1-4-12-10-19-16-14(12)15(20-11-21-16)18-9-7-13-6-5-8-17(13,2)3/h10-11,13H,4-9H2,1-3H3,(H2,18,19,20,21). The fraction of sp³-hybridized carbons (Fsp3) is 0.647. The third kappa shape index (κ3) is 2.76. The van der Waals surface area contributed by atoms with Gasteiger partial charge >= 0.3 is 0 Å². The number of hydrogen-bond acceptors (Lipinski definition) is 3. The molecule has 3 rings (SSSR count). The van der Waals surface area contributed by atoms with Crippen LogP contribution in [-0.4, -0.2) is 21.5 Å². The van der Waals surface area contributed by atoms with Crippen molar-refractivity contribution in [3.05, 3.63) is 18.1 Å². The Kier molecular flexibility index (Phi) is 3.87. The summed E-state index contributed by atoms with van der Waals surface area (Å²) in [6, 6.07) is 0. The highest BCUT2D eigenvalue weighted by Crippen LogP contribution is 2.44. The number of fused-ring (bicyclic) bond motifs is 1. The molecule has 0 saturated heterocycles. The lowest BCUT2D eigenvalue weighted by Crippen LogP contribution is -2.20. The summed E-state index contributed by atoms with van der Waals surface area (Å²) in [4.78, 5) is 12.0. The summed E-state index contributed by atoms with van der Waals surface area (Å²) in [5.41, 5.74) is 2.73. The van der Waals surface area contributed by atoms with Crippen molar-refractivity contribution >= 4 is 16.9 Å². The van der Waals surface area contributed by atoms with E-state index in [0.29, 0.717) is 5.41 Å². The Hall–Kier alpha value is -1.58. The van der Waals surface area contributed by atoms with Crippen LogP contribution < -0.4 is 5.32 Å². The first-order valence-corrected chi connectivity index (χ1v) is 8.16. The predicted molar refractivity (Wildman–Crippen MR) is 87.5 cm³/mol. The number of hydrogen-bond donors (Lipinski definition) is 2. The normalized spacial score (nSPS) is 21.0. The number of H-pyrrole nitrogens is 1. The second-order valence-corrected chi connectivity index (χ2v) is 6.91. The van der Waals surface area contributed by atoms with Crippen LogP contribution in [0.15, 0.2) is 12.5 Å². The third-order valence-corrected chi connectivity index (χ3v) is 5.20. The van der Waals surface area contributed by atoms with Gasteiger partial charge in [-0.25, -0.2) is 9.97 Å². The molecule has 1 aliphatic carbocycles. The second kappa shape index (κ2) is 5.66. The maximum absolute atomic E-state index is 4.45. The first-order chi connectivity index (χ1) is 10.1. The van der Waals surface area contributed by atoms with Crippen molar-refractivity contribution in [3.63, 3.8) is 0 Å². The van der Waals surface area contributed by atoms with Crippen molar-refractivity contribution in [2.75, 3.05) is 11.9 Å².